The average Bonchev–Trinajstić information content (AvgIpc) is 3.28. The van der Waals surface area contributed by atoms with Gasteiger partial charge in [-0.3, -0.25) is 5.01 Å². The molecule has 37 heavy (non-hydrogen) atoms. The Kier molecular flexibility index (Phi) is 7.18. The van der Waals surface area contributed by atoms with E-state index in [9.17, 15) is 31.4 Å². The number of ether oxygens (including phenoxy) is 1. The molecule has 0 saturated carbocycles. The Morgan fingerprint density at radius 1 is 0.919 bits per heavy atom. The molecule has 4 nitrogen and oxygen atoms in total. The lowest BCUT2D eigenvalue weighted by atomic mass is 9.89. The quantitative estimate of drug-likeness (QED) is 0.327. The predicted molar refractivity (Wildman–Crippen MR) is 129 cm³/mol. The van der Waals surface area contributed by atoms with Gasteiger partial charge in [-0.15, -0.1) is 0 Å². The Bertz CT molecular complexity index is 1280. The molecule has 0 saturated heterocycles. The van der Waals surface area contributed by atoms with E-state index in [0.29, 0.717) is 17.9 Å². The summed E-state index contributed by atoms with van der Waals surface area (Å²) < 4.78 is 87.4. The third-order valence-electron chi connectivity index (χ3n) is 6.04. The summed E-state index contributed by atoms with van der Waals surface area (Å²) in [7, 11) is 0. The smallest absolute Gasteiger partial charge is 0.431 e. The van der Waals surface area contributed by atoms with Crippen molar-refractivity contribution in [3.63, 3.8) is 0 Å². The molecule has 1 unspecified atom stereocenters. The highest BCUT2D eigenvalue weighted by Gasteiger charge is 2.74. The maximum absolute atomic E-state index is 13.6. The SMILES string of the molecule is CCOc1ccccc1-c1ccc(C2CC(C(O)(C(F)(F)F)C(F)(F)F)=NN2c2ccccc2Cl)cc1. The number of alkyl halides is 6. The topological polar surface area (TPSA) is 45.1 Å². The summed E-state index contributed by atoms with van der Waals surface area (Å²) >= 11 is 6.22. The molecule has 0 aliphatic carbocycles. The van der Waals surface area contributed by atoms with E-state index in [1.165, 1.54) is 18.2 Å². The van der Waals surface area contributed by atoms with E-state index in [1.54, 1.807) is 36.4 Å². The first-order chi connectivity index (χ1) is 17.4. The molecule has 3 aromatic rings. The predicted octanol–water partition coefficient (Wildman–Crippen LogP) is 7.57. The molecule has 1 aliphatic rings. The number of nitrogens with zero attached hydrogens (tertiary/aromatic N) is 2. The van der Waals surface area contributed by atoms with Gasteiger partial charge in [-0.05, 0) is 36.2 Å². The summed E-state index contributed by atoms with van der Waals surface area (Å²) in [5, 5.41) is 14.7. The Morgan fingerprint density at radius 3 is 2.11 bits per heavy atom. The number of halogens is 7. The third-order valence-corrected chi connectivity index (χ3v) is 6.36. The second-order valence-corrected chi connectivity index (χ2v) is 8.73. The maximum atomic E-state index is 13.6. The van der Waals surface area contributed by atoms with E-state index in [1.807, 2.05) is 25.1 Å². The van der Waals surface area contributed by atoms with Gasteiger partial charge in [-0.25, -0.2) is 0 Å². The monoisotopic (exact) mass is 542 g/mol. The highest BCUT2D eigenvalue weighted by atomic mass is 35.5. The number of benzene rings is 3. The summed E-state index contributed by atoms with van der Waals surface area (Å²) in [4.78, 5) is 0. The first-order valence-electron chi connectivity index (χ1n) is 11.2. The summed E-state index contributed by atoms with van der Waals surface area (Å²) in [6.07, 6.45) is -12.9. The summed E-state index contributed by atoms with van der Waals surface area (Å²) in [5.74, 6) is 0.627. The molecule has 11 heteroatoms. The van der Waals surface area contributed by atoms with Crippen LogP contribution in [0.4, 0.5) is 32.0 Å². The van der Waals surface area contributed by atoms with Crippen molar-refractivity contribution in [1.82, 2.24) is 0 Å². The molecule has 0 spiro atoms. The fourth-order valence-electron chi connectivity index (χ4n) is 4.21. The van der Waals surface area contributed by atoms with Crippen LogP contribution in [0.3, 0.4) is 0 Å². The average molecular weight is 543 g/mol. The van der Waals surface area contributed by atoms with Crippen molar-refractivity contribution in [2.45, 2.75) is 37.3 Å². The number of aliphatic hydroxyl groups is 1. The van der Waals surface area contributed by atoms with Crippen molar-refractivity contribution in [2.24, 2.45) is 5.10 Å². The van der Waals surface area contributed by atoms with Crippen LogP contribution in [0.25, 0.3) is 11.1 Å². The fourth-order valence-corrected chi connectivity index (χ4v) is 4.43. The van der Waals surface area contributed by atoms with Gasteiger partial charge < -0.3 is 9.84 Å². The van der Waals surface area contributed by atoms with Gasteiger partial charge in [0.15, 0.2) is 0 Å². The molecule has 1 N–H and O–H groups in total. The molecule has 0 aromatic heterocycles. The minimum absolute atomic E-state index is 0.0716. The van der Waals surface area contributed by atoms with E-state index < -0.39 is 36.1 Å². The lowest BCUT2D eigenvalue weighted by Crippen LogP contribution is -2.62. The molecule has 1 atom stereocenters. The van der Waals surface area contributed by atoms with Gasteiger partial charge in [0.2, 0.25) is 0 Å². The van der Waals surface area contributed by atoms with E-state index >= 15 is 0 Å². The number of anilines is 1. The van der Waals surface area contributed by atoms with Crippen LogP contribution in [-0.4, -0.2) is 35.4 Å². The fraction of sp³-hybridized carbons (Fsp3) is 0.269. The van der Waals surface area contributed by atoms with Crippen molar-refractivity contribution in [1.29, 1.82) is 0 Å². The van der Waals surface area contributed by atoms with E-state index in [4.69, 9.17) is 16.3 Å². The summed E-state index contributed by atoms with van der Waals surface area (Å²) in [5.41, 5.74) is -4.61. The van der Waals surface area contributed by atoms with Crippen LogP contribution in [0.1, 0.15) is 24.9 Å². The van der Waals surface area contributed by atoms with Crippen LogP contribution >= 0.6 is 11.6 Å². The standard InChI is InChI=1S/C26H21ClF6N2O2/c1-2-37-22-10-6-3-7-18(22)16-11-13-17(14-12-16)21-15-23(24(36,25(28,29)30)26(31,32)33)34-35(21)20-9-5-4-8-19(20)27/h3-14,21,36H,2,15H2,1H3. The minimum atomic E-state index is -6.04. The van der Waals surface area contributed by atoms with Gasteiger partial charge in [-0.1, -0.05) is 66.2 Å². The van der Waals surface area contributed by atoms with Gasteiger partial charge in [0.1, 0.15) is 5.75 Å². The molecular weight excluding hydrogens is 522 g/mol. The number of hydrogen-bond donors (Lipinski definition) is 1. The van der Waals surface area contributed by atoms with Gasteiger partial charge in [0, 0.05) is 12.0 Å². The van der Waals surface area contributed by atoms with Crippen molar-refractivity contribution in [3.05, 3.63) is 83.4 Å². The van der Waals surface area contributed by atoms with Crippen LogP contribution in [0.5, 0.6) is 5.75 Å². The van der Waals surface area contributed by atoms with E-state index in [2.05, 4.69) is 5.10 Å². The maximum Gasteiger partial charge on any atom is 0.431 e. The zero-order valence-electron chi connectivity index (χ0n) is 19.3. The zero-order chi connectivity index (χ0) is 27.0. The van der Waals surface area contributed by atoms with Crippen LogP contribution < -0.4 is 9.75 Å². The minimum Gasteiger partial charge on any atom is -0.493 e. The first-order valence-corrected chi connectivity index (χ1v) is 11.6. The third kappa shape index (κ3) is 4.87. The van der Waals surface area contributed by atoms with Gasteiger partial charge in [0.05, 0.1) is 29.1 Å². The summed E-state index contributed by atoms with van der Waals surface area (Å²) in [6.45, 7) is 2.27. The molecule has 3 aromatic carbocycles. The Morgan fingerprint density at radius 2 is 1.51 bits per heavy atom. The van der Waals surface area contributed by atoms with Crippen LogP contribution in [-0.2, 0) is 0 Å². The number of rotatable bonds is 6. The zero-order valence-corrected chi connectivity index (χ0v) is 20.1. The highest BCUT2D eigenvalue weighted by Crippen LogP contribution is 2.49. The van der Waals surface area contributed by atoms with Crippen molar-refractivity contribution in [3.8, 4) is 16.9 Å². The second kappa shape index (κ2) is 9.90. The van der Waals surface area contributed by atoms with E-state index in [0.717, 1.165) is 16.1 Å². The lowest BCUT2D eigenvalue weighted by Gasteiger charge is -2.32. The lowest BCUT2D eigenvalue weighted by molar-refractivity contribution is -0.338. The number of para-hydroxylation sites is 2. The molecule has 1 aliphatic heterocycles. The van der Waals surface area contributed by atoms with E-state index in [-0.39, 0.29) is 10.7 Å². The Hall–Kier alpha value is -3.24. The molecule has 196 valence electrons. The summed E-state index contributed by atoms with van der Waals surface area (Å²) in [6, 6.07) is 18.7. The molecule has 0 amide bonds. The molecule has 4 rings (SSSR count). The van der Waals surface area contributed by atoms with Crippen LogP contribution in [0.15, 0.2) is 77.9 Å². The molecule has 1 heterocycles. The van der Waals surface area contributed by atoms with Crippen LogP contribution in [0.2, 0.25) is 5.02 Å². The van der Waals surface area contributed by atoms with Crippen LogP contribution in [0, 0.1) is 0 Å². The molecule has 0 radical (unpaired) electrons. The van der Waals surface area contributed by atoms with Gasteiger partial charge in [0.25, 0.3) is 5.60 Å². The van der Waals surface area contributed by atoms with Crippen molar-refractivity contribution in [2.75, 3.05) is 11.6 Å². The normalized spacial score (nSPS) is 16.6. The Balaban J connectivity index is 1.78. The van der Waals surface area contributed by atoms with Crippen molar-refractivity contribution >= 4 is 23.0 Å². The molecule has 0 fully saturated rings. The van der Waals surface area contributed by atoms with Gasteiger partial charge >= 0.3 is 12.4 Å². The largest absolute Gasteiger partial charge is 0.493 e. The molecule has 0 bridgehead atoms. The second-order valence-electron chi connectivity index (χ2n) is 8.32. The number of hydrazone groups is 1. The number of hydrogen-bond acceptors (Lipinski definition) is 4. The Labute approximate surface area is 213 Å². The van der Waals surface area contributed by atoms with Crippen molar-refractivity contribution < 1.29 is 36.2 Å². The highest BCUT2D eigenvalue weighted by molar-refractivity contribution is 6.33. The van der Waals surface area contributed by atoms with Gasteiger partial charge in [-0.2, -0.15) is 31.4 Å². The first kappa shape index (κ1) is 26.8. The molecular formula is C26H21ClF6N2O2.